The van der Waals surface area contributed by atoms with E-state index in [-0.39, 0.29) is 24.1 Å². The molecule has 0 radical (unpaired) electrons. The van der Waals surface area contributed by atoms with Crippen molar-refractivity contribution in [1.29, 1.82) is 0 Å². The van der Waals surface area contributed by atoms with Crippen LogP contribution < -0.4 is 15.5 Å². The molecule has 2 aliphatic rings. The summed E-state index contributed by atoms with van der Waals surface area (Å²) in [6, 6.07) is 6.93. The number of benzene rings is 1. The van der Waals surface area contributed by atoms with Gasteiger partial charge in [0.25, 0.3) is 5.91 Å². The van der Waals surface area contributed by atoms with Gasteiger partial charge in [0.1, 0.15) is 0 Å². The van der Waals surface area contributed by atoms with Gasteiger partial charge in [0, 0.05) is 49.4 Å². The van der Waals surface area contributed by atoms with Crippen molar-refractivity contribution in [3.8, 4) is 0 Å². The first-order valence-corrected chi connectivity index (χ1v) is 10.6. The van der Waals surface area contributed by atoms with Gasteiger partial charge in [0.05, 0.1) is 17.9 Å². The van der Waals surface area contributed by atoms with Crippen LogP contribution in [0, 0.1) is 0 Å². The highest BCUT2D eigenvalue weighted by molar-refractivity contribution is 7.14. The maximum atomic E-state index is 12.7. The van der Waals surface area contributed by atoms with Gasteiger partial charge in [0.15, 0.2) is 5.13 Å². The third-order valence-corrected chi connectivity index (χ3v) is 5.74. The Morgan fingerprint density at radius 2 is 2.14 bits per heavy atom. The summed E-state index contributed by atoms with van der Waals surface area (Å²) < 4.78 is 5.77. The highest BCUT2D eigenvalue weighted by Crippen LogP contribution is 2.22. The minimum absolute atomic E-state index is 0.140. The highest BCUT2D eigenvalue weighted by atomic mass is 32.1. The molecule has 0 bridgehead atoms. The molecule has 4 rings (SSSR count). The van der Waals surface area contributed by atoms with Gasteiger partial charge in [-0.1, -0.05) is 6.07 Å². The zero-order valence-corrected chi connectivity index (χ0v) is 17.4. The Morgan fingerprint density at radius 3 is 2.86 bits per heavy atom. The standard InChI is InChI=1S/C20H25N5O3S/c1-13-9-24(10-14(2)28-13)11-16-12-29-19(22-16)23-18(26)15-4-3-5-17(8-15)25-7-6-21-20(25)27/h3-5,8,12-14H,6-7,9-11H2,1-2H3,(H,21,27)(H,22,23,26). The van der Waals surface area contributed by atoms with Crippen molar-refractivity contribution in [3.05, 3.63) is 40.9 Å². The molecule has 1 aromatic heterocycles. The van der Waals surface area contributed by atoms with Crippen LogP contribution in [0.15, 0.2) is 29.6 Å². The maximum absolute atomic E-state index is 12.7. The van der Waals surface area contributed by atoms with Crippen molar-refractivity contribution in [2.75, 3.05) is 36.4 Å². The van der Waals surface area contributed by atoms with E-state index in [0.717, 1.165) is 25.3 Å². The average molecular weight is 416 g/mol. The largest absolute Gasteiger partial charge is 0.373 e. The third-order valence-electron chi connectivity index (χ3n) is 4.93. The molecule has 2 fully saturated rings. The molecule has 0 spiro atoms. The predicted molar refractivity (Wildman–Crippen MR) is 113 cm³/mol. The van der Waals surface area contributed by atoms with E-state index < -0.39 is 0 Å². The van der Waals surface area contributed by atoms with Crippen molar-refractivity contribution in [3.63, 3.8) is 0 Å². The average Bonchev–Trinajstić information content (AvgIpc) is 3.29. The molecule has 2 atom stereocenters. The van der Waals surface area contributed by atoms with E-state index in [4.69, 9.17) is 4.74 Å². The van der Waals surface area contributed by atoms with Crippen molar-refractivity contribution < 1.29 is 14.3 Å². The quantitative estimate of drug-likeness (QED) is 0.784. The molecule has 3 heterocycles. The number of urea groups is 1. The van der Waals surface area contributed by atoms with Gasteiger partial charge in [0.2, 0.25) is 0 Å². The Morgan fingerprint density at radius 1 is 1.34 bits per heavy atom. The summed E-state index contributed by atoms with van der Waals surface area (Å²) in [5.74, 6) is -0.235. The number of carbonyl (C=O) groups is 2. The number of ether oxygens (including phenoxy) is 1. The lowest BCUT2D eigenvalue weighted by Crippen LogP contribution is -2.44. The molecule has 29 heavy (non-hydrogen) atoms. The molecule has 2 saturated heterocycles. The number of nitrogens with zero attached hydrogens (tertiary/aromatic N) is 3. The molecule has 154 valence electrons. The third kappa shape index (κ3) is 4.75. The summed E-state index contributed by atoms with van der Waals surface area (Å²) in [6.07, 6.45) is 0.419. The number of carbonyl (C=O) groups excluding carboxylic acids is 2. The molecule has 2 aromatic rings. The van der Waals surface area contributed by atoms with Crippen molar-refractivity contribution in [1.82, 2.24) is 15.2 Å². The summed E-state index contributed by atoms with van der Waals surface area (Å²) in [5.41, 5.74) is 2.15. The summed E-state index contributed by atoms with van der Waals surface area (Å²) in [7, 11) is 0. The molecule has 9 heteroatoms. The molecular weight excluding hydrogens is 390 g/mol. The van der Waals surface area contributed by atoms with Crippen LogP contribution in [0.25, 0.3) is 0 Å². The van der Waals surface area contributed by atoms with Crippen LogP contribution in [0.3, 0.4) is 0 Å². The van der Waals surface area contributed by atoms with E-state index in [9.17, 15) is 9.59 Å². The Balaban J connectivity index is 1.39. The lowest BCUT2D eigenvalue weighted by Gasteiger charge is -2.34. The van der Waals surface area contributed by atoms with Crippen LogP contribution in [0.2, 0.25) is 0 Å². The normalized spacial score (nSPS) is 22.6. The number of amides is 3. The molecule has 1 aromatic carbocycles. The minimum atomic E-state index is -0.235. The van der Waals surface area contributed by atoms with Crippen LogP contribution in [-0.4, -0.2) is 60.2 Å². The topological polar surface area (TPSA) is 86.8 Å². The van der Waals surface area contributed by atoms with Gasteiger partial charge in [-0.2, -0.15) is 0 Å². The summed E-state index contributed by atoms with van der Waals surface area (Å²) >= 11 is 1.42. The molecule has 0 aliphatic carbocycles. The Kier molecular flexibility index (Phi) is 5.79. The molecule has 2 unspecified atom stereocenters. The number of thiazole rings is 1. The van der Waals surface area contributed by atoms with Crippen molar-refractivity contribution in [2.24, 2.45) is 0 Å². The first-order chi connectivity index (χ1) is 14.0. The molecule has 0 saturated carbocycles. The van der Waals surface area contributed by atoms with E-state index in [1.54, 1.807) is 23.1 Å². The highest BCUT2D eigenvalue weighted by Gasteiger charge is 2.24. The number of anilines is 2. The first kappa shape index (κ1) is 19.8. The number of morpholine rings is 1. The van der Waals surface area contributed by atoms with E-state index >= 15 is 0 Å². The Hall–Kier alpha value is -2.49. The van der Waals surface area contributed by atoms with Gasteiger partial charge < -0.3 is 10.1 Å². The second kappa shape index (κ2) is 8.48. The van der Waals surface area contributed by atoms with Crippen LogP contribution in [0.1, 0.15) is 29.9 Å². The van der Waals surface area contributed by atoms with E-state index in [2.05, 4.69) is 34.4 Å². The lowest BCUT2D eigenvalue weighted by molar-refractivity contribution is -0.0707. The summed E-state index contributed by atoms with van der Waals surface area (Å²) in [5, 5.41) is 8.18. The lowest BCUT2D eigenvalue weighted by atomic mass is 10.2. The second-order valence-electron chi connectivity index (χ2n) is 7.48. The number of nitrogens with one attached hydrogen (secondary N) is 2. The number of hydrogen-bond acceptors (Lipinski definition) is 6. The SMILES string of the molecule is CC1CN(Cc2csc(NC(=O)c3cccc(N4CCNC4=O)c3)n2)CC(C)O1. The summed E-state index contributed by atoms with van der Waals surface area (Å²) in [6.45, 7) is 7.85. The van der Waals surface area contributed by atoms with Gasteiger partial charge >= 0.3 is 6.03 Å². The van der Waals surface area contributed by atoms with Crippen LogP contribution >= 0.6 is 11.3 Å². The van der Waals surface area contributed by atoms with E-state index in [1.165, 1.54) is 11.3 Å². The van der Waals surface area contributed by atoms with Crippen LogP contribution in [0.4, 0.5) is 15.6 Å². The summed E-state index contributed by atoms with van der Waals surface area (Å²) in [4.78, 5) is 33.0. The fourth-order valence-corrected chi connectivity index (χ4v) is 4.48. The fourth-order valence-electron chi connectivity index (χ4n) is 3.78. The monoisotopic (exact) mass is 415 g/mol. The molecule has 2 N–H and O–H groups in total. The van der Waals surface area contributed by atoms with Crippen molar-refractivity contribution in [2.45, 2.75) is 32.6 Å². The molecule has 2 aliphatic heterocycles. The maximum Gasteiger partial charge on any atom is 0.321 e. The number of rotatable bonds is 5. The molecular formula is C20H25N5O3S. The van der Waals surface area contributed by atoms with Crippen LogP contribution in [0.5, 0.6) is 0 Å². The zero-order chi connectivity index (χ0) is 20.4. The molecule has 3 amide bonds. The zero-order valence-electron chi connectivity index (χ0n) is 16.6. The smallest absolute Gasteiger partial charge is 0.321 e. The van der Waals surface area contributed by atoms with Gasteiger partial charge in [-0.05, 0) is 32.0 Å². The van der Waals surface area contributed by atoms with Gasteiger partial charge in [-0.25, -0.2) is 9.78 Å². The number of hydrogen-bond donors (Lipinski definition) is 2. The Bertz CT molecular complexity index is 892. The first-order valence-electron chi connectivity index (χ1n) is 9.77. The Labute approximate surface area is 173 Å². The predicted octanol–water partition coefficient (Wildman–Crippen LogP) is 2.53. The van der Waals surface area contributed by atoms with E-state index in [0.29, 0.717) is 29.5 Å². The number of aromatic nitrogens is 1. The second-order valence-corrected chi connectivity index (χ2v) is 8.34. The fraction of sp³-hybridized carbons (Fsp3) is 0.450. The molecule has 8 nitrogen and oxygen atoms in total. The van der Waals surface area contributed by atoms with Crippen LogP contribution in [-0.2, 0) is 11.3 Å². The van der Waals surface area contributed by atoms with Crippen molar-refractivity contribution >= 4 is 34.1 Å². The van der Waals surface area contributed by atoms with Gasteiger partial charge in [-0.3, -0.25) is 19.9 Å². The van der Waals surface area contributed by atoms with Gasteiger partial charge in [-0.15, -0.1) is 11.3 Å². The van der Waals surface area contributed by atoms with E-state index in [1.807, 2.05) is 11.4 Å². The minimum Gasteiger partial charge on any atom is -0.373 e.